The number of nitrogens with zero attached hydrogens (tertiary/aromatic N) is 3. The predicted octanol–water partition coefficient (Wildman–Crippen LogP) is 2.86. The third-order valence-electron chi connectivity index (χ3n) is 4.73. The summed E-state index contributed by atoms with van der Waals surface area (Å²) in [5, 5.41) is 7.51. The van der Waals surface area contributed by atoms with Gasteiger partial charge in [0.15, 0.2) is 0 Å². The molecule has 3 heterocycles. The van der Waals surface area contributed by atoms with Crippen molar-refractivity contribution in [1.29, 1.82) is 0 Å². The van der Waals surface area contributed by atoms with Crippen LogP contribution >= 0.6 is 0 Å². The second-order valence-electron chi connectivity index (χ2n) is 6.51. The number of rotatable bonds is 5. The highest BCUT2D eigenvalue weighted by Gasteiger charge is 2.26. The smallest absolute Gasteiger partial charge is 0.318 e. The van der Waals surface area contributed by atoms with Crippen LogP contribution in [0.25, 0.3) is 0 Å². The zero-order chi connectivity index (χ0) is 18.6. The van der Waals surface area contributed by atoms with Crippen molar-refractivity contribution in [1.82, 2.24) is 20.0 Å². The van der Waals surface area contributed by atoms with Gasteiger partial charge in [-0.2, -0.15) is 5.10 Å². The molecular formula is C20H22N4O3. The van der Waals surface area contributed by atoms with Crippen LogP contribution < -0.4 is 10.1 Å². The fourth-order valence-electron chi connectivity index (χ4n) is 3.32. The van der Waals surface area contributed by atoms with Gasteiger partial charge in [0, 0.05) is 31.3 Å². The number of aromatic nitrogens is 2. The number of hydrogen-bond donors (Lipinski definition) is 1. The summed E-state index contributed by atoms with van der Waals surface area (Å²) in [4.78, 5) is 14.3. The van der Waals surface area contributed by atoms with Crippen molar-refractivity contribution in [3.63, 3.8) is 0 Å². The number of fused-ring (bicyclic) bond motifs is 1. The Hall–Kier alpha value is -3.22. The third kappa shape index (κ3) is 3.81. The first kappa shape index (κ1) is 17.2. The molecule has 0 radical (unpaired) electrons. The predicted molar refractivity (Wildman–Crippen MR) is 99.0 cm³/mol. The zero-order valence-electron chi connectivity index (χ0n) is 15.2. The number of nitrogens with one attached hydrogen (secondary N) is 1. The molecule has 0 bridgehead atoms. The summed E-state index contributed by atoms with van der Waals surface area (Å²) in [6.07, 6.45) is 2.38. The monoisotopic (exact) mass is 366 g/mol. The van der Waals surface area contributed by atoms with Crippen molar-refractivity contribution in [3.8, 4) is 5.75 Å². The van der Waals surface area contributed by atoms with Crippen LogP contribution in [0.1, 0.15) is 22.7 Å². The summed E-state index contributed by atoms with van der Waals surface area (Å²) in [7, 11) is 1.94. The lowest BCUT2D eigenvalue weighted by Crippen LogP contribution is -2.42. The van der Waals surface area contributed by atoms with Crippen LogP contribution in [0.3, 0.4) is 0 Å². The van der Waals surface area contributed by atoms with Gasteiger partial charge in [0.25, 0.3) is 0 Å². The Labute approximate surface area is 157 Å². The molecule has 0 spiro atoms. The van der Waals surface area contributed by atoms with Crippen molar-refractivity contribution in [2.45, 2.75) is 26.1 Å². The van der Waals surface area contributed by atoms with Gasteiger partial charge in [-0.05, 0) is 24.3 Å². The molecule has 0 atom stereocenters. The molecule has 0 unspecified atom stereocenters. The van der Waals surface area contributed by atoms with Gasteiger partial charge < -0.3 is 19.4 Å². The average molecular weight is 366 g/mol. The van der Waals surface area contributed by atoms with Crippen molar-refractivity contribution in [3.05, 3.63) is 71.4 Å². The Bertz CT molecular complexity index is 903. The lowest BCUT2D eigenvalue weighted by Gasteiger charge is -2.27. The number of para-hydroxylation sites is 1. The minimum atomic E-state index is -0.101. The molecule has 0 fully saturated rings. The number of urea groups is 1. The molecule has 7 heteroatoms. The summed E-state index contributed by atoms with van der Waals surface area (Å²) < 4.78 is 13.0. The standard InChI is InChI=1S/C20H22N4O3/c1-23-19-9-10-24(20(25)21-12-16-8-5-11-26-16)13-17(19)18(22-23)14-27-15-6-3-2-4-7-15/h2-8,11H,9-10,12-14H2,1H3,(H,21,25). The first-order chi connectivity index (χ1) is 13.2. The van der Waals surface area contributed by atoms with Crippen LogP contribution in [0.15, 0.2) is 53.1 Å². The number of ether oxygens (including phenoxy) is 1. The van der Waals surface area contributed by atoms with E-state index >= 15 is 0 Å². The summed E-state index contributed by atoms with van der Waals surface area (Å²) in [5.74, 6) is 1.54. The zero-order valence-corrected chi connectivity index (χ0v) is 15.2. The molecule has 2 amide bonds. The van der Waals surface area contributed by atoms with Crippen molar-refractivity contribution in [2.24, 2.45) is 7.05 Å². The van der Waals surface area contributed by atoms with E-state index < -0.39 is 0 Å². The largest absolute Gasteiger partial charge is 0.487 e. The maximum Gasteiger partial charge on any atom is 0.318 e. The molecular weight excluding hydrogens is 344 g/mol. The molecule has 27 heavy (non-hydrogen) atoms. The van der Waals surface area contributed by atoms with Crippen molar-refractivity contribution in [2.75, 3.05) is 6.54 Å². The summed E-state index contributed by atoms with van der Waals surface area (Å²) in [6, 6.07) is 13.2. The molecule has 3 aromatic rings. The topological polar surface area (TPSA) is 72.5 Å². The van der Waals surface area contributed by atoms with E-state index in [9.17, 15) is 4.79 Å². The SMILES string of the molecule is Cn1nc(COc2ccccc2)c2c1CCN(C(=O)NCc1ccco1)C2. The fourth-order valence-corrected chi connectivity index (χ4v) is 3.32. The molecule has 1 aliphatic rings. The Balaban J connectivity index is 1.42. The average Bonchev–Trinajstić information content (AvgIpc) is 3.33. The van der Waals surface area contributed by atoms with E-state index in [0.717, 1.165) is 34.9 Å². The highest BCUT2D eigenvalue weighted by molar-refractivity contribution is 5.74. The van der Waals surface area contributed by atoms with E-state index in [1.54, 1.807) is 11.2 Å². The van der Waals surface area contributed by atoms with E-state index in [2.05, 4.69) is 10.4 Å². The number of carbonyl (C=O) groups is 1. The van der Waals surface area contributed by atoms with E-state index in [4.69, 9.17) is 9.15 Å². The minimum Gasteiger partial charge on any atom is -0.487 e. The lowest BCUT2D eigenvalue weighted by molar-refractivity contribution is 0.190. The quantitative estimate of drug-likeness (QED) is 0.754. The molecule has 2 aromatic heterocycles. The number of aryl methyl sites for hydroxylation is 1. The molecule has 7 nitrogen and oxygen atoms in total. The molecule has 0 aliphatic carbocycles. The number of carbonyl (C=O) groups excluding carboxylic acids is 1. The summed E-state index contributed by atoms with van der Waals surface area (Å²) in [6.45, 7) is 1.96. The Morgan fingerprint density at radius 3 is 2.89 bits per heavy atom. The Morgan fingerprint density at radius 1 is 1.26 bits per heavy atom. The lowest BCUT2D eigenvalue weighted by atomic mass is 10.1. The van der Waals surface area contributed by atoms with E-state index in [1.165, 1.54) is 0 Å². The van der Waals surface area contributed by atoms with Crippen molar-refractivity contribution < 1.29 is 13.9 Å². The summed E-state index contributed by atoms with van der Waals surface area (Å²) in [5.41, 5.74) is 3.12. The normalized spacial score (nSPS) is 13.3. The van der Waals surface area contributed by atoms with Gasteiger partial charge in [-0.25, -0.2) is 4.79 Å². The number of amides is 2. The molecule has 140 valence electrons. The molecule has 1 aromatic carbocycles. The maximum atomic E-state index is 12.5. The minimum absolute atomic E-state index is 0.101. The van der Waals surface area contributed by atoms with Crippen molar-refractivity contribution >= 4 is 6.03 Å². The van der Waals surface area contributed by atoms with Crippen LogP contribution in [0.4, 0.5) is 4.79 Å². The number of hydrogen-bond acceptors (Lipinski definition) is 4. The second kappa shape index (κ2) is 7.57. The molecule has 1 N–H and O–H groups in total. The van der Waals surface area contributed by atoms with Crippen LogP contribution in [0, 0.1) is 0 Å². The fraction of sp³-hybridized carbons (Fsp3) is 0.300. The highest BCUT2D eigenvalue weighted by Crippen LogP contribution is 2.23. The van der Waals surface area contributed by atoms with Gasteiger partial charge in [0.1, 0.15) is 23.8 Å². The summed E-state index contributed by atoms with van der Waals surface area (Å²) >= 11 is 0. The van der Waals surface area contributed by atoms with Gasteiger partial charge in [-0.15, -0.1) is 0 Å². The Morgan fingerprint density at radius 2 is 2.11 bits per heavy atom. The van der Waals surface area contributed by atoms with Gasteiger partial charge in [-0.1, -0.05) is 18.2 Å². The van der Waals surface area contributed by atoms with Crippen LogP contribution in [0.2, 0.25) is 0 Å². The van der Waals surface area contributed by atoms with Gasteiger partial charge >= 0.3 is 6.03 Å². The van der Waals surface area contributed by atoms with Gasteiger partial charge in [-0.3, -0.25) is 4.68 Å². The van der Waals surface area contributed by atoms with Crippen LogP contribution in [0.5, 0.6) is 5.75 Å². The molecule has 0 saturated heterocycles. The molecule has 1 aliphatic heterocycles. The molecule has 0 saturated carbocycles. The van der Waals surface area contributed by atoms with Crippen LogP contribution in [-0.4, -0.2) is 27.3 Å². The first-order valence-electron chi connectivity index (χ1n) is 8.97. The van der Waals surface area contributed by atoms with E-state index in [0.29, 0.717) is 26.2 Å². The highest BCUT2D eigenvalue weighted by atomic mass is 16.5. The second-order valence-corrected chi connectivity index (χ2v) is 6.51. The van der Waals surface area contributed by atoms with E-state index in [1.807, 2.05) is 54.2 Å². The number of benzene rings is 1. The maximum absolute atomic E-state index is 12.5. The Kier molecular flexibility index (Phi) is 4.82. The van der Waals surface area contributed by atoms with Gasteiger partial charge in [0.2, 0.25) is 0 Å². The number of furan rings is 1. The van der Waals surface area contributed by atoms with E-state index in [-0.39, 0.29) is 6.03 Å². The van der Waals surface area contributed by atoms with Crippen LogP contribution in [-0.2, 0) is 33.2 Å². The third-order valence-corrected chi connectivity index (χ3v) is 4.73. The van der Waals surface area contributed by atoms with Gasteiger partial charge in [0.05, 0.1) is 19.4 Å². The first-order valence-corrected chi connectivity index (χ1v) is 8.97. The molecule has 4 rings (SSSR count).